The van der Waals surface area contributed by atoms with Crippen LogP contribution in [0.1, 0.15) is 43.7 Å². The summed E-state index contributed by atoms with van der Waals surface area (Å²) < 4.78 is 32.9. The molecule has 0 saturated carbocycles. The van der Waals surface area contributed by atoms with Crippen LogP contribution in [0.25, 0.3) is 0 Å². The Balaban J connectivity index is 1.27. The second-order valence-electron chi connectivity index (χ2n) is 9.14. The Bertz CT molecular complexity index is 752. The topological polar surface area (TPSA) is 53.6 Å². The van der Waals surface area contributed by atoms with Gasteiger partial charge in [-0.15, -0.1) is 0 Å². The van der Waals surface area contributed by atoms with Crippen LogP contribution in [-0.4, -0.2) is 55.6 Å². The summed E-state index contributed by atoms with van der Waals surface area (Å²) in [5.41, 5.74) is 2.21. The van der Waals surface area contributed by atoms with Crippen molar-refractivity contribution in [2.24, 2.45) is 11.8 Å². The number of piperidine rings is 1. The van der Waals surface area contributed by atoms with Gasteiger partial charge in [-0.2, -0.15) is 0 Å². The fourth-order valence-electron chi connectivity index (χ4n) is 4.91. The fraction of sp³-hybridized carbons (Fsp3) is 0.696. The van der Waals surface area contributed by atoms with E-state index in [0.29, 0.717) is 25.5 Å². The molecule has 3 heterocycles. The molecule has 30 heavy (non-hydrogen) atoms. The molecule has 166 valence electrons. The van der Waals surface area contributed by atoms with Gasteiger partial charge in [0.1, 0.15) is 5.75 Å². The summed E-state index contributed by atoms with van der Waals surface area (Å²) in [7, 11) is 0. The predicted molar refractivity (Wildman–Crippen MR) is 112 cm³/mol. The smallest absolute Gasteiger partial charge is 0.267 e. The van der Waals surface area contributed by atoms with Gasteiger partial charge in [-0.1, -0.05) is 13.0 Å². The van der Waals surface area contributed by atoms with Crippen molar-refractivity contribution in [3.8, 4) is 5.75 Å². The van der Waals surface area contributed by atoms with Crippen LogP contribution < -0.4 is 15.4 Å². The minimum atomic E-state index is -2.75. The number of ether oxygens (including phenoxy) is 1. The number of carbonyl (C=O) groups is 1. The highest BCUT2D eigenvalue weighted by molar-refractivity contribution is 5.83. The van der Waals surface area contributed by atoms with E-state index in [9.17, 15) is 13.6 Å². The Morgan fingerprint density at radius 1 is 1.30 bits per heavy atom. The lowest BCUT2D eigenvalue weighted by Gasteiger charge is -2.29. The lowest BCUT2D eigenvalue weighted by atomic mass is 9.84. The van der Waals surface area contributed by atoms with Crippen molar-refractivity contribution in [1.82, 2.24) is 15.5 Å². The third kappa shape index (κ3) is 5.11. The molecule has 4 rings (SSSR count). The zero-order valence-electron chi connectivity index (χ0n) is 17.8. The van der Waals surface area contributed by atoms with E-state index >= 15 is 0 Å². The average Bonchev–Trinajstić information content (AvgIpc) is 3.13. The van der Waals surface area contributed by atoms with Gasteiger partial charge in [-0.05, 0) is 73.9 Å². The summed E-state index contributed by atoms with van der Waals surface area (Å²) >= 11 is 0. The first-order chi connectivity index (χ1) is 14.4. The number of halogens is 2. The Morgan fingerprint density at radius 3 is 2.83 bits per heavy atom. The lowest BCUT2D eigenvalue weighted by molar-refractivity contribution is -0.134. The number of hydrogen-bond donors (Lipinski definition) is 2. The number of nitrogens with one attached hydrogen (secondary N) is 2. The van der Waals surface area contributed by atoms with Gasteiger partial charge in [0.05, 0.1) is 19.2 Å². The van der Waals surface area contributed by atoms with Crippen LogP contribution >= 0.6 is 0 Å². The maximum Gasteiger partial charge on any atom is 0.267 e. The number of hydrogen-bond acceptors (Lipinski definition) is 4. The Morgan fingerprint density at radius 2 is 2.10 bits per heavy atom. The predicted octanol–water partition coefficient (Wildman–Crippen LogP) is 2.97. The van der Waals surface area contributed by atoms with Crippen molar-refractivity contribution >= 4 is 5.91 Å². The summed E-state index contributed by atoms with van der Waals surface area (Å²) in [5.74, 6) is -0.661. The van der Waals surface area contributed by atoms with E-state index < -0.39 is 18.5 Å². The Hall–Kier alpha value is -1.73. The highest BCUT2D eigenvalue weighted by atomic mass is 19.3. The molecule has 0 bridgehead atoms. The van der Waals surface area contributed by atoms with E-state index in [1.54, 1.807) is 0 Å². The molecule has 2 fully saturated rings. The lowest BCUT2D eigenvalue weighted by Crippen LogP contribution is -2.49. The molecule has 5 nitrogen and oxygen atoms in total. The third-order valence-electron chi connectivity index (χ3n) is 6.95. The molecule has 1 aromatic carbocycles. The molecule has 0 unspecified atom stereocenters. The molecule has 0 aliphatic carbocycles. The van der Waals surface area contributed by atoms with Crippen molar-refractivity contribution in [3.63, 3.8) is 0 Å². The van der Waals surface area contributed by atoms with E-state index in [2.05, 4.69) is 17.6 Å². The van der Waals surface area contributed by atoms with Gasteiger partial charge in [0.15, 0.2) is 0 Å². The van der Waals surface area contributed by atoms with Gasteiger partial charge in [0, 0.05) is 19.5 Å². The molecule has 2 saturated heterocycles. The fourth-order valence-corrected chi connectivity index (χ4v) is 4.91. The van der Waals surface area contributed by atoms with Crippen LogP contribution in [0, 0.1) is 11.8 Å². The molecule has 3 aliphatic heterocycles. The van der Waals surface area contributed by atoms with Crippen molar-refractivity contribution in [1.29, 1.82) is 0 Å². The molecule has 0 spiro atoms. The number of fused-ring (bicyclic) bond motifs is 1. The quantitative estimate of drug-likeness (QED) is 0.742. The Labute approximate surface area is 177 Å². The van der Waals surface area contributed by atoms with Crippen LogP contribution in [-0.2, 0) is 17.8 Å². The maximum absolute atomic E-state index is 13.4. The average molecular weight is 422 g/mol. The first-order valence-electron chi connectivity index (χ1n) is 11.3. The molecule has 7 heteroatoms. The molecule has 3 aliphatic rings. The first-order valence-corrected chi connectivity index (χ1v) is 11.3. The maximum atomic E-state index is 13.4. The van der Waals surface area contributed by atoms with Gasteiger partial charge in [-0.3, -0.25) is 4.79 Å². The number of rotatable bonds is 6. The van der Waals surface area contributed by atoms with E-state index in [1.165, 1.54) is 17.7 Å². The number of benzene rings is 1. The van der Waals surface area contributed by atoms with Crippen molar-refractivity contribution in [2.75, 3.05) is 32.8 Å². The van der Waals surface area contributed by atoms with Crippen molar-refractivity contribution in [2.45, 2.75) is 57.5 Å². The SMILES string of the molecule is C[C@H](CCOc1ccc2c(c1)CN[C@H](C(=O)N1CCC(F)(F)C1)C2)C1CCNCC1. The summed E-state index contributed by atoms with van der Waals surface area (Å²) in [5, 5.41) is 6.64. The van der Waals surface area contributed by atoms with Crippen LogP contribution in [0.2, 0.25) is 0 Å². The second-order valence-corrected chi connectivity index (χ2v) is 9.14. The van der Waals surface area contributed by atoms with Gasteiger partial charge in [-0.25, -0.2) is 8.78 Å². The minimum absolute atomic E-state index is 0.138. The molecule has 2 N–H and O–H groups in total. The largest absolute Gasteiger partial charge is 0.494 e. The van der Waals surface area contributed by atoms with Gasteiger partial charge in [0.2, 0.25) is 5.91 Å². The van der Waals surface area contributed by atoms with E-state index in [4.69, 9.17) is 4.74 Å². The van der Waals surface area contributed by atoms with Gasteiger partial charge >= 0.3 is 0 Å². The minimum Gasteiger partial charge on any atom is -0.494 e. The summed E-state index contributed by atoms with van der Waals surface area (Å²) in [6, 6.07) is 5.59. The summed E-state index contributed by atoms with van der Waals surface area (Å²) in [6.07, 6.45) is 3.85. The van der Waals surface area contributed by atoms with Crippen LogP contribution in [0.5, 0.6) is 5.75 Å². The highest BCUT2D eigenvalue weighted by Crippen LogP contribution is 2.29. The first kappa shape index (κ1) is 21.5. The zero-order chi connectivity index (χ0) is 21.1. The zero-order valence-corrected chi connectivity index (χ0v) is 17.8. The number of likely N-dealkylation sites (tertiary alicyclic amines) is 1. The molecular weight excluding hydrogens is 388 g/mol. The number of nitrogens with zero attached hydrogens (tertiary/aromatic N) is 1. The Kier molecular flexibility index (Phi) is 6.58. The molecule has 1 amide bonds. The molecule has 2 atom stereocenters. The van der Waals surface area contributed by atoms with Crippen molar-refractivity contribution < 1.29 is 18.3 Å². The van der Waals surface area contributed by atoms with Gasteiger partial charge in [0.25, 0.3) is 5.92 Å². The normalized spacial score (nSPS) is 25.0. The molecule has 0 radical (unpaired) electrons. The van der Waals surface area contributed by atoms with E-state index in [1.807, 2.05) is 18.2 Å². The second kappa shape index (κ2) is 9.18. The van der Waals surface area contributed by atoms with Crippen LogP contribution in [0.15, 0.2) is 18.2 Å². The standard InChI is InChI=1S/C23H33F2N3O2/c1-16(17-4-8-26-9-5-17)6-11-30-20-3-2-18-13-21(27-14-19(18)12-20)22(29)28-10-7-23(24,25)15-28/h2-3,12,16-17,21,26-27H,4-11,13-15H2,1H3/t16-,21+/m1/s1. The van der Waals surface area contributed by atoms with Crippen LogP contribution in [0.4, 0.5) is 8.78 Å². The highest BCUT2D eigenvalue weighted by Gasteiger charge is 2.42. The summed E-state index contributed by atoms with van der Waals surface area (Å²) in [6.45, 7) is 5.51. The summed E-state index contributed by atoms with van der Waals surface area (Å²) in [4.78, 5) is 13.9. The molecular formula is C23H33F2N3O2. The van der Waals surface area contributed by atoms with Gasteiger partial charge < -0.3 is 20.3 Å². The number of carbonyl (C=O) groups excluding carboxylic acids is 1. The number of amides is 1. The monoisotopic (exact) mass is 421 g/mol. The van der Waals surface area contributed by atoms with E-state index in [-0.39, 0.29) is 18.9 Å². The number of alkyl halides is 2. The molecule has 0 aromatic heterocycles. The third-order valence-corrected chi connectivity index (χ3v) is 6.95. The molecule has 1 aromatic rings. The van der Waals surface area contributed by atoms with Crippen molar-refractivity contribution in [3.05, 3.63) is 29.3 Å². The van der Waals surface area contributed by atoms with Crippen LogP contribution in [0.3, 0.4) is 0 Å². The van der Waals surface area contributed by atoms with E-state index in [0.717, 1.165) is 42.3 Å².